The predicted octanol–water partition coefficient (Wildman–Crippen LogP) is 5.07. The van der Waals surface area contributed by atoms with Gasteiger partial charge in [0.1, 0.15) is 6.10 Å². The lowest BCUT2D eigenvalue weighted by atomic mass is 10.1. The zero-order chi connectivity index (χ0) is 15.1. The third kappa shape index (κ3) is 4.10. The van der Waals surface area contributed by atoms with Crippen molar-refractivity contribution in [2.45, 2.75) is 58.5 Å². The second-order valence-electron chi connectivity index (χ2n) is 5.53. The molecular formula is C18H25NO2. The number of benzene rings is 1. The van der Waals surface area contributed by atoms with E-state index >= 15 is 0 Å². The maximum Gasteiger partial charge on any atom is 0.340 e. The summed E-state index contributed by atoms with van der Waals surface area (Å²) >= 11 is 0. The van der Waals surface area contributed by atoms with Crippen molar-refractivity contribution in [2.24, 2.45) is 0 Å². The standard InChI is InChI=1S/C18H25NO2/c1-3-5-6-7-10-14(4-2)21-18(20)16-13-19-17-12-9-8-11-15(16)17/h8-9,11-14,19H,3-7,10H2,1-2H3. The van der Waals surface area contributed by atoms with Gasteiger partial charge in [0.15, 0.2) is 0 Å². The number of aromatic nitrogens is 1. The molecule has 0 spiro atoms. The van der Waals surface area contributed by atoms with Crippen LogP contribution in [0.2, 0.25) is 0 Å². The lowest BCUT2D eigenvalue weighted by molar-refractivity contribution is 0.0269. The van der Waals surface area contributed by atoms with Crippen LogP contribution in [0.1, 0.15) is 62.7 Å². The van der Waals surface area contributed by atoms with Gasteiger partial charge in [-0.3, -0.25) is 0 Å². The van der Waals surface area contributed by atoms with Crippen molar-refractivity contribution in [3.8, 4) is 0 Å². The van der Waals surface area contributed by atoms with Crippen LogP contribution in [0.4, 0.5) is 0 Å². The Kier molecular flexibility index (Phi) is 5.85. The first-order valence-corrected chi connectivity index (χ1v) is 8.03. The molecule has 1 aromatic carbocycles. The fraction of sp³-hybridized carbons (Fsp3) is 0.500. The molecule has 0 bridgehead atoms. The summed E-state index contributed by atoms with van der Waals surface area (Å²) in [6.07, 6.45) is 8.45. The van der Waals surface area contributed by atoms with Gasteiger partial charge in [0.25, 0.3) is 0 Å². The minimum absolute atomic E-state index is 0.0306. The van der Waals surface area contributed by atoms with Gasteiger partial charge < -0.3 is 9.72 Å². The first-order chi connectivity index (χ1) is 10.3. The Morgan fingerprint density at radius 2 is 2.00 bits per heavy atom. The van der Waals surface area contributed by atoms with Gasteiger partial charge in [-0.05, 0) is 25.3 Å². The molecule has 0 aliphatic rings. The van der Waals surface area contributed by atoms with Crippen molar-refractivity contribution in [3.05, 3.63) is 36.0 Å². The summed E-state index contributed by atoms with van der Waals surface area (Å²) in [4.78, 5) is 15.5. The number of rotatable bonds is 8. The molecule has 114 valence electrons. The number of nitrogens with one attached hydrogen (secondary N) is 1. The number of aromatic amines is 1. The highest BCUT2D eigenvalue weighted by atomic mass is 16.5. The van der Waals surface area contributed by atoms with E-state index < -0.39 is 0 Å². The Bertz CT molecular complexity index is 573. The summed E-state index contributed by atoms with van der Waals surface area (Å²) in [7, 11) is 0. The second-order valence-corrected chi connectivity index (χ2v) is 5.53. The molecular weight excluding hydrogens is 262 g/mol. The van der Waals surface area contributed by atoms with E-state index in [-0.39, 0.29) is 12.1 Å². The Morgan fingerprint density at radius 1 is 1.19 bits per heavy atom. The molecule has 1 atom stereocenters. The monoisotopic (exact) mass is 287 g/mol. The number of unbranched alkanes of at least 4 members (excludes halogenated alkanes) is 3. The van der Waals surface area contributed by atoms with Crippen molar-refractivity contribution < 1.29 is 9.53 Å². The molecule has 2 aromatic rings. The summed E-state index contributed by atoms with van der Waals surface area (Å²) in [5.74, 6) is -0.213. The van der Waals surface area contributed by atoms with E-state index in [9.17, 15) is 4.79 Å². The van der Waals surface area contributed by atoms with Gasteiger partial charge in [0, 0.05) is 17.1 Å². The third-order valence-electron chi connectivity index (χ3n) is 3.92. The summed E-state index contributed by atoms with van der Waals surface area (Å²) in [6.45, 7) is 4.28. The zero-order valence-electron chi connectivity index (χ0n) is 13.0. The van der Waals surface area contributed by atoms with Crippen molar-refractivity contribution in [1.29, 1.82) is 0 Å². The summed E-state index contributed by atoms with van der Waals surface area (Å²) in [5.41, 5.74) is 1.61. The number of esters is 1. The van der Waals surface area contributed by atoms with Crippen LogP contribution >= 0.6 is 0 Å². The molecule has 0 amide bonds. The number of para-hydroxylation sites is 1. The maximum atomic E-state index is 12.3. The van der Waals surface area contributed by atoms with Crippen LogP contribution in [0.25, 0.3) is 10.9 Å². The molecule has 0 saturated heterocycles. The highest BCUT2D eigenvalue weighted by Crippen LogP contribution is 2.20. The first kappa shape index (κ1) is 15.6. The fourth-order valence-corrected chi connectivity index (χ4v) is 2.60. The van der Waals surface area contributed by atoms with Gasteiger partial charge in [0.05, 0.1) is 5.56 Å². The van der Waals surface area contributed by atoms with Gasteiger partial charge in [-0.2, -0.15) is 0 Å². The van der Waals surface area contributed by atoms with Crippen LogP contribution in [0.3, 0.4) is 0 Å². The van der Waals surface area contributed by atoms with E-state index in [4.69, 9.17) is 4.74 Å². The van der Waals surface area contributed by atoms with Gasteiger partial charge >= 0.3 is 5.97 Å². The lowest BCUT2D eigenvalue weighted by Crippen LogP contribution is -2.17. The Morgan fingerprint density at radius 3 is 2.76 bits per heavy atom. The Labute approximate surface area is 126 Å². The lowest BCUT2D eigenvalue weighted by Gasteiger charge is -2.15. The molecule has 0 aliphatic heterocycles. The molecule has 1 heterocycles. The van der Waals surface area contributed by atoms with Crippen molar-refractivity contribution >= 4 is 16.9 Å². The number of carbonyl (C=O) groups is 1. The second kappa shape index (κ2) is 7.87. The first-order valence-electron chi connectivity index (χ1n) is 8.03. The molecule has 3 nitrogen and oxygen atoms in total. The number of H-pyrrole nitrogens is 1. The van der Waals surface area contributed by atoms with Crippen LogP contribution in [-0.2, 0) is 4.74 Å². The number of hydrogen-bond donors (Lipinski definition) is 1. The SMILES string of the molecule is CCCCCCC(CC)OC(=O)c1c[nH]c2ccccc12. The number of fused-ring (bicyclic) bond motifs is 1. The number of ether oxygens (including phenoxy) is 1. The van der Waals surface area contributed by atoms with Gasteiger partial charge in [0.2, 0.25) is 0 Å². The number of carbonyl (C=O) groups excluding carboxylic acids is 1. The van der Waals surface area contributed by atoms with Crippen LogP contribution in [0.15, 0.2) is 30.5 Å². The normalized spacial score (nSPS) is 12.5. The largest absolute Gasteiger partial charge is 0.459 e. The van der Waals surface area contributed by atoms with E-state index in [0.29, 0.717) is 5.56 Å². The topological polar surface area (TPSA) is 42.1 Å². The van der Waals surface area contributed by atoms with Crippen LogP contribution in [0.5, 0.6) is 0 Å². The van der Waals surface area contributed by atoms with Crippen LogP contribution in [-0.4, -0.2) is 17.1 Å². The quantitative estimate of drug-likeness (QED) is 0.544. The summed E-state index contributed by atoms with van der Waals surface area (Å²) < 4.78 is 5.67. The number of hydrogen-bond acceptors (Lipinski definition) is 2. The average Bonchev–Trinajstić information content (AvgIpc) is 2.94. The highest BCUT2D eigenvalue weighted by Gasteiger charge is 2.17. The summed E-state index contributed by atoms with van der Waals surface area (Å²) in [5, 5.41) is 0.934. The van der Waals surface area contributed by atoms with Crippen molar-refractivity contribution in [2.75, 3.05) is 0 Å². The Balaban J connectivity index is 1.96. The molecule has 1 unspecified atom stereocenters. The van der Waals surface area contributed by atoms with E-state index in [1.807, 2.05) is 24.3 Å². The Hall–Kier alpha value is -1.77. The third-order valence-corrected chi connectivity index (χ3v) is 3.92. The van der Waals surface area contributed by atoms with Gasteiger partial charge in [-0.1, -0.05) is 51.3 Å². The van der Waals surface area contributed by atoms with Crippen LogP contribution in [0, 0.1) is 0 Å². The smallest absolute Gasteiger partial charge is 0.340 e. The van der Waals surface area contributed by atoms with E-state index in [0.717, 1.165) is 30.2 Å². The molecule has 21 heavy (non-hydrogen) atoms. The van der Waals surface area contributed by atoms with E-state index in [2.05, 4.69) is 18.8 Å². The minimum atomic E-state index is -0.213. The minimum Gasteiger partial charge on any atom is -0.459 e. The maximum absolute atomic E-state index is 12.3. The molecule has 0 aliphatic carbocycles. The summed E-state index contributed by atoms with van der Waals surface area (Å²) in [6, 6.07) is 7.81. The molecule has 0 saturated carbocycles. The van der Waals surface area contributed by atoms with E-state index in [1.54, 1.807) is 6.20 Å². The highest BCUT2D eigenvalue weighted by molar-refractivity contribution is 6.04. The average molecular weight is 287 g/mol. The molecule has 1 aromatic heterocycles. The van der Waals surface area contributed by atoms with Crippen LogP contribution < -0.4 is 0 Å². The molecule has 0 radical (unpaired) electrons. The fourth-order valence-electron chi connectivity index (χ4n) is 2.60. The van der Waals surface area contributed by atoms with Crippen molar-refractivity contribution in [1.82, 2.24) is 4.98 Å². The molecule has 1 N–H and O–H groups in total. The zero-order valence-corrected chi connectivity index (χ0v) is 13.0. The molecule has 0 fully saturated rings. The molecule has 2 rings (SSSR count). The molecule has 3 heteroatoms. The van der Waals surface area contributed by atoms with Gasteiger partial charge in [-0.15, -0.1) is 0 Å². The van der Waals surface area contributed by atoms with Gasteiger partial charge in [-0.25, -0.2) is 4.79 Å². The van der Waals surface area contributed by atoms with E-state index in [1.165, 1.54) is 19.3 Å². The van der Waals surface area contributed by atoms with Crippen molar-refractivity contribution in [3.63, 3.8) is 0 Å². The predicted molar refractivity (Wildman–Crippen MR) is 86.6 cm³/mol.